The molecule has 1 aromatic heterocycles. The number of amides is 2. The third-order valence-corrected chi connectivity index (χ3v) is 7.71. The molecule has 1 unspecified atom stereocenters. The summed E-state index contributed by atoms with van der Waals surface area (Å²) in [6.45, 7) is 4.46. The number of hydroxylamine groups is 2. The fraction of sp³-hybridized carbons (Fsp3) is 0.393. The summed E-state index contributed by atoms with van der Waals surface area (Å²) in [5, 5.41) is 10.4. The summed E-state index contributed by atoms with van der Waals surface area (Å²) in [5.74, 6) is 0.196. The average Bonchev–Trinajstić information content (AvgIpc) is 2.93. The van der Waals surface area contributed by atoms with Gasteiger partial charge in [-0.15, -0.1) is 0 Å². The molecule has 0 saturated carbocycles. The number of piperidine rings is 1. The first kappa shape index (κ1) is 27.1. The van der Waals surface area contributed by atoms with E-state index < -0.39 is 17.4 Å². The Balaban J connectivity index is 1.75. The molecular weight excluding hydrogens is 488 g/mol. The minimum absolute atomic E-state index is 0.0570. The molecule has 2 amide bonds. The number of thioether (sulfide) groups is 1. The predicted octanol–water partition coefficient (Wildman–Crippen LogP) is 4.29. The van der Waals surface area contributed by atoms with Gasteiger partial charge in [0.25, 0.3) is 5.91 Å². The van der Waals surface area contributed by atoms with Crippen LogP contribution in [-0.4, -0.2) is 58.5 Å². The van der Waals surface area contributed by atoms with E-state index in [1.807, 2.05) is 48.8 Å². The van der Waals surface area contributed by atoms with Crippen LogP contribution < -0.4 is 11.0 Å². The summed E-state index contributed by atoms with van der Waals surface area (Å²) in [6.07, 6.45) is 2.83. The van der Waals surface area contributed by atoms with Crippen molar-refractivity contribution in [2.24, 2.45) is 5.41 Å². The lowest BCUT2D eigenvalue weighted by atomic mass is 9.68. The number of hydrogen-bond acceptors (Lipinski definition) is 7. The van der Waals surface area contributed by atoms with Gasteiger partial charge in [-0.05, 0) is 68.9 Å². The maximum absolute atomic E-state index is 13.0. The smallest absolute Gasteiger partial charge is 0.274 e. The van der Waals surface area contributed by atoms with Gasteiger partial charge >= 0.3 is 0 Å². The van der Waals surface area contributed by atoms with E-state index in [0.29, 0.717) is 18.4 Å². The Hall–Kier alpha value is -2.98. The van der Waals surface area contributed by atoms with Crippen LogP contribution >= 0.6 is 11.8 Å². The van der Waals surface area contributed by atoms with Crippen molar-refractivity contribution in [3.63, 3.8) is 0 Å². The number of nitrogens with one attached hydrogen (secondary N) is 2. The number of fused-ring (bicyclic) bond motifs is 1. The van der Waals surface area contributed by atoms with Crippen molar-refractivity contribution in [1.29, 1.82) is 0 Å². The molecule has 1 atom stereocenters. The number of rotatable bonds is 10. The van der Waals surface area contributed by atoms with E-state index in [9.17, 15) is 14.8 Å². The first-order valence-electron chi connectivity index (χ1n) is 12.5. The lowest BCUT2D eigenvalue weighted by molar-refractivity contribution is -0.143. The van der Waals surface area contributed by atoms with Gasteiger partial charge in [0.15, 0.2) is 0 Å². The molecule has 0 aliphatic carbocycles. The highest BCUT2D eigenvalue weighted by atomic mass is 32.2. The highest BCUT2D eigenvalue weighted by Gasteiger charge is 2.46. The quantitative estimate of drug-likeness (QED) is 0.270. The van der Waals surface area contributed by atoms with E-state index in [2.05, 4.69) is 21.6 Å². The van der Waals surface area contributed by atoms with Crippen molar-refractivity contribution in [2.45, 2.75) is 32.3 Å². The van der Waals surface area contributed by atoms with Crippen LogP contribution in [0.25, 0.3) is 10.9 Å². The Bertz CT molecular complexity index is 1220. The largest absolute Gasteiger partial charge is 0.302 e. The van der Waals surface area contributed by atoms with E-state index in [4.69, 9.17) is 4.84 Å². The normalized spacial score (nSPS) is 16.3. The zero-order valence-electron chi connectivity index (χ0n) is 21.3. The molecule has 3 aromatic rings. The van der Waals surface area contributed by atoms with Crippen LogP contribution in [0.3, 0.4) is 0 Å². The molecule has 0 spiro atoms. The highest BCUT2D eigenvalue weighted by molar-refractivity contribution is 7.98. The maximum Gasteiger partial charge on any atom is 0.274 e. The summed E-state index contributed by atoms with van der Waals surface area (Å²) in [4.78, 5) is 39.0. The molecule has 37 heavy (non-hydrogen) atoms. The standard InChI is InChI=1S/C28H34N4O4S/c1-20-18-23(22-10-6-7-11-24(22)29-20)26(36-31-27(34)21-8-4-3-5-9-21)28(19-25(33)30-35)12-14-32(15-13-28)16-17-37-2/h3-11,18,26,35H,12-17,19H2,1-2H3,(H,30,33)(H,31,34). The zero-order valence-corrected chi connectivity index (χ0v) is 22.1. The van der Waals surface area contributed by atoms with Gasteiger partial charge in [-0.2, -0.15) is 11.8 Å². The number of benzene rings is 2. The Labute approximate surface area is 221 Å². The number of para-hydroxylation sites is 1. The van der Waals surface area contributed by atoms with Crippen molar-refractivity contribution in [1.82, 2.24) is 20.8 Å². The Morgan fingerprint density at radius 3 is 2.54 bits per heavy atom. The summed E-state index contributed by atoms with van der Waals surface area (Å²) in [6, 6.07) is 18.7. The molecule has 8 nitrogen and oxygen atoms in total. The number of carbonyl (C=O) groups excluding carboxylic acids is 2. The van der Waals surface area contributed by atoms with Crippen molar-refractivity contribution >= 4 is 34.5 Å². The average molecular weight is 523 g/mol. The van der Waals surface area contributed by atoms with E-state index in [-0.39, 0.29) is 12.3 Å². The highest BCUT2D eigenvalue weighted by Crippen LogP contribution is 2.49. The monoisotopic (exact) mass is 522 g/mol. The minimum Gasteiger partial charge on any atom is -0.302 e. The van der Waals surface area contributed by atoms with Crippen LogP contribution in [0.2, 0.25) is 0 Å². The SMILES string of the molecule is CSCCN1CCC(CC(=O)NO)(C(ONC(=O)c2ccccc2)c2cc(C)nc3ccccc23)CC1. The number of likely N-dealkylation sites (tertiary alicyclic amines) is 1. The van der Waals surface area contributed by atoms with Gasteiger partial charge in [0.05, 0.1) is 5.52 Å². The Morgan fingerprint density at radius 1 is 1.14 bits per heavy atom. The molecule has 0 radical (unpaired) electrons. The molecule has 3 N–H and O–H groups in total. The fourth-order valence-electron chi connectivity index (χ4n) is 5.17. The number of hydrogen-bond donors (Lipinski definition) is 3. The van der Waals surface area contributed by atoms with Gasteiger partial charge in [-0.3, -0.25) is 24.6 Å². The second-order valence-corrected chi connectivity index (χ2v) is 10.6. The van der Waals surface area contributed by atoms with Crippen LogP contribution in [0.5, 0.6) is 0 Å². The van der Waals surface area contributed by atoms with Crippen LogP contribution in [0.15, 0.2) is 60.7 Å². The number of aromatic nitrogens is 1. The number of aryl methyl sites for hydroxylation is 1. The van der Waals surface area contributed by atoms with Crippen LogP contribution in [0.4, 0.5) is 0 Å². The lowest BCUT2D eigenvalue weighted by Crippen LogP contribution is -2.48. The summed E-state index contributed by atoms with van der Waals surface area (Å²) in [7, 11) is 0. The molecule has 2 aromatic carbocycles. The second kappa shape index (κ2) is 12.5. The number of nitrogens with zero attached hydrogens (tertiary/aromatic N) is 2. The van der Waals surface area contributed by atoms with E-state index in [0.717, 1.165) is 47.5 Å². The minimum atomic E-state index is -0.663. The molecule has 4 rings (SSSR count). The fourth-order valence-corrected chi connectivity index (χ4v) is 5.61. The molecule has 0 bridgehead atoms. The summed E-state index contributed by atoms with van der Waals surface area (Å²) in [5.41, 5.74) is 6.80. The van der Waals surface area contributed by atoms with Crippen LogP contribution in [-0.2, 0) is 9.63 Å². The van der Waals surface area contributed by atoms with E-state index in [1.54, 1.807) is 36.0 Å². The van der Waals surface area contributed by atoms with Gasteiger partial charge in [-0.1, -0.05) is 36.4 Å². The van der Waals surface area contributed by atoms with Crippen LogP contribution in [0.1, 0.15) is 47.0 Å². The van der Waals surface area contributed by atoms with Gasteiger partial charge in [0, 0.05) is 40.8 Å². The summed E-state index contributed by atoms with van der Waals surface area (Å²) < 4.78 is 0. The van der Waals surface area contributed by atoms with Gasteiger partial charge in [-0.25, -0.2) is 11.0 Å². The van der Waals surface area contributed by atoms with E-state index >= 15 is 0 Å². The van der Waals surface area contributed by atoms with Crippen molar-refractivity contribution in [3.05, 3.63) is 77.5 Å². The van der Waals surface area contributed by atoms with Gasteiger partial charge in [0.2, 0.25) is 5.91 Å². The second-order valence-electron chi connectivity index (χ2n) is 9.57. The summed E-state index contributed by atoms with van der Waals surface area (Å²) >= 11 is 1.81. The van der Waals surface area contributed by atoms with Gasteiger partial charge in [0.1, 0.15) is 6.10 Å². The molecule has 2 heterocycles. The Morgan fingerprint density at radius 2 is 1.84 bits per heavy atom. The zero-order chi connectivity index (χ0) is 26.3. The Kier molecular flexibility index (Phi) is 9.15. The van der Waals surface area contributed by atoms with Gasteiger partial charge < -0.3 is 4.90 Å². The molecule has 1 fully saturated rings. The third kappa shape index (κ3) is 6.48. The van der Waals surface area contributed by atoms with E-state index in [1.165, 1.54) is 0 Å². The van der Waals surface area contributed by atoms with Crippen molar-refractivity contribution in [3.8, 4) is 0 Å². The number of pyridine rings is 1. The first-order chi connectivity index (χ1) is 18.0. The maximum atomic E-state index is 13.0. The first-order valence-corrected chi connectivity index (χ1v) is 13.9. The molecular formula is C28H34N4O4S. The molecule has 1 aliphatic heterocycles. The molecule has 1 saturated heterocycles. The van der Waals surface area contributed by atoms with Crippen LogP contribution in [0, 0.1) is 12.3 Å². The molecule has 1 aliphatic rings. The molecule has 9 heteroatoms. The topological polar surface area (TPSA) is 104 Å². The predicted molar refractivity (Wildman–Crippen MR) is 145 cm³/mol. The lowest BCUT2D eigenvalue weighted by Gasteiger charge is -2.46. The van der Waals surface area contributed by atoms with Crippen molar-refractivity contribution in [2.75, 3.05) is 31.6 Å². The molecule has 196 valence electrons. The third-order valence-electron chi connectivity index (χ3n) is 7.12. The van der Waals surface area contributed by atoms with Crippen molar-refractivity contribution < 1.29 is 19.6 Å². The number of carbonyl (C=O) groups is 2.